The molecule has 2 heterocycles. The van der Waals surface area contributed by atoms with Gasteiger partial charge in [0.1, 0.15) is 0 Å². The first-order chi connectivity index (χ1) is 9.33. The van der Waals surface area contributed by atoms with Crippen molar-refractivity contribution < 1.29 is 0 Å². The van der Waals surface area contributed by atoms with Gasteiger partial charge in [-0.25, -0.2) is 4.98 Å². The van der Waals surface area contributed by atoms with E-state index in [0.29, 0.717) is 0 Å². The van der Waals surface area contributed by atoms with E-state index in [1.165, 1.54) is 51.0 Å². The molecule has 0 radical (unpaired) electrons. The van der Waals surface area contributed by atoms with Gasteiger partial charge in [0, 0.05) is 25.3 Å². The minimum Gasteiger partial charge on any atom is -0.330 e. The van der Waals surface area contributed by atoms with E-state index in [0.717, 1.165) is 25.0 Å². The Hall–Kier alpha value is -0.870. The van der Waals surface area contributed by atoms with Gasteiger partial charge in [-0.05, 0) is 51.2 Å². The molecule has 0 aromatic carbocycles. The van der Waals surface area contributed by atoms with Crippen LogP contribution in [0.15, 0.2) is 12.5 Å². The van der Waals surface area contributed by atoms with Crippen molar-refractivity contribution in [2.75, 3.05) is 26.2 Å². The Labute approximate surface area is 116 Å². The SMILES string of the molecule is CC(CNCc1cncn1C1CC1)CN1CCCC1. The smallest absolute Gasteiger partial charge is 0.0951 e. The Morgan fingerprint density at radius 1 is 1.37 bits per heavy atom. The van der Waals surface area contributed by atoms with Crippen LogP contribution in [0, 0.1) is 5.92 Å². The average molecular weight is 262 g/mol. The van der Waals surface area contributed by atoms with Gasteiger partial charge in [-0.1, -0.05) is 6.92 Å². The summed E-state index contributed by atoms with van der Waals surface area (Å²) in [6.45, 7) is 8.27. The van der Waals surface area contributed by atoms with Crippen molar-refractivity contribution in [1.82, 2.24) is 19.8 Å². The average Bonchev–Trinajstić information content (AvgIpc) is 2.92. The predicted molar refractivity (Wildman–Crippen MR) is 77.0 cm³/mol. The second-order valence-corrected chi connectivity index (χ2v) is 6.27. The number of hydrogen-bond acceptors (Lipinski definition) is 3. The molecule has 4 heteroatoms. The molecule has 1 unspecified atom stereocenters. The Kier molecular flexibility index (Phi) is 4.18. The maximum absolute atomic E-state index is 4.28. The van der Waals surface area contributed by atoms with E-state index >= 15 is 0 Å². The minimum absolute atomic E-state index is 0.732. The van der Waals surface area contributed by atoms with Crippen LogP contribution in [0.2, 0.25) is 0 Å². The van der Waals surface area contributed by atoms with Crippen LogP contribution in [0.5, 0.6) is 0 Å². The number of hydrogen-bond donors (Lipinski definition) is 1. The van der Waals surface area contributed by atoms with Crippen LogP contribution in [0.3, 0.4) is 0 Å². The first-order valence-corrected chi connectivity index (χ1v) is 7.76. The second-order valence-electron chi connectivity index (χ2n) is 6.27. The fraction of sp³-hybridized carbons (Fsp3) is 0.800. The van der Waals surface area contributed by atoms with Gasteiger partial charge in [0.15, 0.2) is 0 Å². The van der Waals surface area contributed by atoms with E-state index in [1.54, 1.807) is 0 Å². The highest BCUT2D eigenvalue weighted by molar-refractivity contribution is 5.03. The fourth-order valence-corrected chi connectivity index (χ4v) is 3.07. The van der Waals surface area contributed by atoms with Gasteiger partial charge in [0.2, 0.25) is 0 Å². The molecule has 4 nitrogen and oxygen atoms in total. The first-order valence-electron chi connectivity index (χ1n) is 7.76. The molecule has 1 aliphatic heterocycles. The van der Waals surface area contributed by atoms with Gasteiger partial charge >= 0.3 is 0 Å². The maximum atomic E-state index is 4.28. The highest BCUT2D eigenvalue weighted by Crippen LogP contribution is 2.35. The van der Waals surface area contributed by atoms with Crippen LogP contribution in [-0.2, 0) is 6.54 Å². The molecule has 1 aromatic heterocycles. The molecule has 1 aromatic rings. The molecular weight excluding hydrogens is 236 g/mol. The lowest BCUT2D eigenvalue weighted by Gasteiger charge is -2.20. The number of nitrogens with one attached hydrogen (secondary N) is 1. The first kappa shape index (κ1) is 13.1. The van der Waals surface area contributed by atoms with E-state index in [4.69, 9.17) is 0 Å². The molecule has 0 amide bonds. The lowest BCUT2D eigenvalue weighted by atomic mass is 10.1. The van der Waals surface area contributed by atoms with Crippen LogP contribution in [0.4, 0.5) is 0 Å². The zero-order valence-electron chi connectivity index (χ0n) is 12.0. The summed E-state index contributed by atoms with van der Waals surface area (Å²) in [5, 5.41) is 3.60. The Morgan fingerprint density at radius 2 is 2.16 bits per heavy atom. The molecule has 2 fully saturated rings. The van der Waals surface area contributed by atoms with Crippen molar-refractivity contribution in [3.63, 3.8) is 0 Å². The number of rotatable bonds is 7. The minimum atomic E-state index is 0.732. The van der Waals surface area contributed by atoms with Crippen LogP contribution in [0.25, 0.3) is 0 Å². The van der Waals surface area contributed by atoms with Crippen molar-refractivity contribution in [3.05, 3.63) is 18.2 Å². The third-order valence-electron chi connectivity index (χ3n) is 4.25. The number of likely N-dealkylation sites (tertiary alicyclic amines) is 1. The third kappa shape index (κ3) is 3.57. The van der Waals surface area contributed by atoms with E-state index in [2.05, 4.69) is 26.7 Å². The third-order valence-corrected chi connectivity index (χ3v) is 4.25. The van der Waals surface area contributed by atoms with Crippen molar-refractivity contribution >= 4 is 0 Å². The molecule has 1 atom stereocenters. The summed E-state index contributed by atoms with van der Waals surface area (Å²) in [4.78, 5) is 6.88. The lowest BCUT2D eigenvalue weighted by molar-refractivity contribution is 0.282. The maximum Gasteiger partial charge on any atom is 0.0951 e. The van der Waals surface area contributed by atoms with Gasteiger partial charge in [-0.2, -0.15) is 0 Å². The van der Waals surface area contributed by atoms with Gasteiger partial charge in [-0.15, -0.1) is 0 Å². The number of aromatic nitrogens is 2. The quantitative estimate of drug-likeness (QED) is 0.816. The van der Waals surface area contributed by atoms with E-state index in [1.807, 2.05) is 12.5 Å². The number of imidazole rings is 1. The molecule has 19 heavy (non-hydrogen) atoms. The predicted octanol–water partition coefficient (Wildman–Crippen LogP) is 2.04. The second kappa shape index (κ2) is 6.06. The molecule has 106 valence electrons. The van der Waals surface area contributed by atoms with Gasteiger partial charge in [0.25, 0.3) is 0 Å². The topological polar surface area (TPSA) is 33.1 Å². The zero-order valence-corrected chi connectivity index (χ0v) is 12.0. The van der Waals surface area contributed by atoms with Crippen molar-refractivity contribution in [2.24, 2.45) is 5.92 Å². The molecule has 1 N–H and O–H groups in total. The summed E-state index contributed by atoms with van der Waals surface area (Å²) in [5.41, 5.74) is 1.34. The summed E-state index contributed by atoms with van der Waals surface area (Å²) >= 11 is 0. The summed E-state index contributed by atoms with van der Waals surface area (Å²) in [6.07, 6.45) is 9.43. The lowest BCUT2D eigenvalue weighted by Crippen LogP contribution is -2.31. The highest BCUT2D eigenvalue weighted by Gasteiger charge is 2.25. The van der Waals surface area contributed by atoms with Crippen molar-refractivity contribution in [3.8, 4) is 0 Å². The largest absolute Gasteiger partial charge is 0.330 e. The highest BCUT2D eigenvalue weighted by atomic mass is 15.1. The zero-order chi connectivity index (χ0) is 13.1. The van der Waals surface area contributed by atoms with E-state index in [-0.39, 0.29) is 0 Å². The van der Waals surface area contributed by atoms with E-state index in [9.17, 15) is 0 Å². The van der Waals surface area contributed by atoms with Gasteiger partial charge < -0.3 is 14.8 Å². The molecule has 0 bridgehead atoms. The Bertz CT molecular complexity index is 391. The van der Waals surface area contributed by atoms with Gasteiger partial charge in [-0.3, -0.25) is 0 Å². The van der Waals surface area contributed by atoms with Crippen LogP contribution < -0.4 is 5.32 Å². The summed E-state index contributed by atoms with van der Waals surface area (Å²) in [7, 11) is 0. The van der Waals surface area contributed by atoms with Crippen molar-refractivity contribution in [2.45, 2.75) is 45.2 Å². The monoisotopic (exact) mass is 262 g/mol. The standard InChI is InChI=1S/C15H26N4/c1-13(11-18-6-2-3-7-18)8-16-9-15-10-17-12-19(15)14-4-5-14/h10,12-14,16H,2-9,11H2,1H3. The fourth-order valence-electron chi connectivity index (χ4n) is 3.07. The Balaban J connectivity index is 1.38. The van der Waals surface area contributed by atoms with Crippen molar-refractivity contribution in [1.29, 1.82) is 0 Å². The van der Waals surface area contributed by atoms with E-state index < -0.39 is 0 Å². The normalized spacial score (nSPS) is 21.9. The van der Waals surface area contributed by atoms with Crippen LogP contribution in [-0.4, -0.2) is 40.6 Å². The summed E-state index contributed by atoms with van der Waals surface area (Å²) in [5.74, 6) is 0.732. The molecule has 2 aliphatic rings. The number of nitrogens with zero attached hydrogens (tertiary/aromatic N) is 3. The molecule has 1 saturated heterocycles. The molecular formula is C15H26N4. The summed E-state index contributed by atoms with van der Waals surface area (Å²) in [6, 6.07) is 0.737. The molecule has 1 aliphatic carbocycles. The molecule has 0 spiro atoms. The van der Waals surface area contributed by atoms with Crippen LogP contribution >= 0.6 is 0 Å². The molecule has 1 saturated carbocycles. The summed E-state index contributed by atoms with van der Waals surface area (Å²) < 4.78 is 2.35. The van der Waals surface area contributed by atoms with Gasteiger partial charge in [0.05, 0.1) is 12.0 Å². The van der Waals surface area contributed by atoms with Crippen LogP contribution in [0.1, 0.15) is 44.3 Å². The molecule has 3 rings (SSSR count). The Morgan fingerprint density at radius 3 is 2.89 bits per heavy atom.